The summed E-state index contributed by atoms with van der Waals surface area (Å²) in [5, 5.41) is 0. The van der Waals surface area contributed by atoms with E-state index >= 15 is 0 Å². The Labute approximate surface area is 88.7 Å². The Kier molecular flexibility index (Phi) is 6.24. The monoisotopic (exact) mass is 249 g/mol. The lowest BCUT2D eigenvalue weighted by Gasteiger charge is -2.20. The molecule has 0 aliphatic rings. The summed E-state index contributed by atoms with van der Waals surface area (Å²) in [6, 6.07) is -0.337. The number of rotatable bonds is 6. The molecule has 0 aliphatic heterocycles. The van der Waals surface area contributed by atoms with Gasteiger partial charge in [0.25, 0.3) is 0 Å². The molecule has 7 heteroatoms. The zero-order valence-corrected chi connectivity index (χ0v) is 9.61. The second-order valence-electron chi connectivity index (χ2n) is 2.56. The van der Waals surface area contributed by atoms with Crippen LogP contribution in [0.1, 0.15) is 26.2 Å². The molecule has 0 rings (SSSR count). The molecule has 0 fully saturated rings. The second kappa shape index (κ2) is 6.03. The maximum Gasteiger partial charge on any atom is 0.338 e. The number of hydrogen-bond acceptors (Lipinski definition) is 2. The molecule has 0 aliphatic carbocycles. The summed E-state index contributed by atoms with van der Waals surface area (Å²) in [7, 11) is -4.28. The molecule has 0 aromatic carbocycles. The Morgan fingerprint density at radius 1 is 1.54 bits per heavy atom. The number of unbranched alkanes of at least 4 members (excludes halogenated alkanes) is 1. The zero-order valence-electron chi connectivity index (χ0n) is 7.28. The van der Waals surface area contributed by atoms with Crippen LogP contribution < -0.4 is 0 Å². The summed E-state index contributed by atoms with van der Waals surface area (Å²) >= 11 is 11.0. The molecule has 0 saturated carbocycles. The zero-order chi connectivity index (χ0) is 10.5. The summed E-state index contributed by atoms with van der Waals surface area (Å²) in [6.07, 6.45) is 2.17. The van der Waals surface area contributed by atoms with Gasteiger partial charge in [0, 0.05) is 0 Å². The smallest absolute Gasteiger partial charge is 0.273 e. The largest absolute Gasteiger partial charge is 0.338 e. The van der Waals surface area contributed by atoms with E-state index in [0.29, 0.717) is 10.7 Å². The minimum Gasteiger partial charge on any atom is -0.273 e. The molecule has 0 saturated heterocycles. The van der Waals surface area contributed by atoms with Gasteiger partial charge in [-0.3, -0.25) is 4.55 Å². The fraction of sp³-hybridized carbons (Fsp3) is 1.00. The van der Waals surface area contributed by atoms with Crippen molar-refractivity contribution < 1.29 is 13.0 Å². The minimum atomic E-state index is -4.28. The highest BCUT2D eigenvalue weighted by atomic mass is 35.5. The fourth-order valence-corrected chi connectivity index (χ4v) is 2.45. The van der Waals surface area contributed by atoms with Crippen molar-refractivity contribution in [3.63, 3.8) is 0 Å². The maximum atomic E-state index is 10.7. The predicted octanol–water partition coefficient (Wildman–Crippen LogP) is 2.04. The standard InChI is InChI=1S/C6H13Cl2NO3S/c1-2-3-4-6(8)9(5-7)13(10,11)12/h6H,2-5H2,1H3,(H,10,11,12). The van der Waals surface area contributed by atoms with Crippen molar-refractivity contribution in [2.24, 2.45) is 0 Å². The van der Waals surface area contributed by atoms with Gasteiger partial charge in [0.2, 0.25) is 0 Å². The Morgan fingerprint density at radius 2 is 2.08 bits per heavy atom. The van der Waals surface area contributed by atoms with E-state index in [4.69, 9.17) is 27.8 Å². The van der Waals surface area contributed by atoms with Crippen LogP contribution >= 0.6 is 23.2 Å². The molecule has 0 aromatic heterocycles. The van der Waals surface area contributed by atoms with E-state index in [0.717, 1.165) is 12.8 Å². The number of alkyl halides is 2. The fourth-order valence-electron chi connectivity index (χ4n) is 0.798. The molecule has 13 heavy (non-hydrogen) atoms. The van der Waals surface area contributed by atoms with Crippen LogP contribution in [0.15, 0.2) is 0 Å². The average Bonchev–Trinajstić information content (AvgIpc) is 1.99. The van der Waals surface area contributed by atoms with E-state index in [9.17, 15) is 8.42 Å². The first-order chi connectivity index (χ1) is 5.93. The second-order valence-corrected chi connectivity index (χ2v) is 4.67. The molecular weight excluding hydrogens is 237 g/mol. The molecule has 1 unspecified atom stereocenters. The van der Waals surface area contributed by atoms with Crippen LogP contribution in [0.3, 0.4) is 0 Å². The number of nitrogens with zero attached hydrogens (tertiary/aromatic N) is 1. The first kappa shape index (κ1) is 13.4. The van der Waals surface area contributed by atoms with Gasteiger partial charge in [-0.2, -0.15) is 8.42 Å². The van der Waals surface area contributed by atoms with Crippen LogP contribution in [0.2, 0.25) is 0 Å². The summed E-state index contributed by atoms with van der Waals surface area (Å²) in [5.41, 5.74) is -0.771. The Balaban J connectivity index is 4.24. The van der Waals surface area contributed by atoms with Crippen molar-refractivity contribution in [2.75, 3.05) is 6.00 Å². The first-order valence-electron chi connectivity index (χ1n) is 3.87. The molecule has 0 spiro atoms. The van der Waals surface area contributed by atoms with Gasteiger partial charge in [0.15, 0.2) is 0 Å². The van der Waals surface area contributed by atoms with Gasteiger partial charge in [-0.25, -0.2) is 0 Å². The molecule has 0 aromatic rings. The van der Waals surface area contributed by atoms with Crippen molar-refractivity contribution in [3.8, 4) is 0 Å². The van der Waals surface area contributed by atoms with Crippen LogP contribution in [-0.2, 0) is 10.3 Å². The van der Waals surface area contributed by atoms with Gasteiger partial charge in [0.05, 0.1) is 6.00 Å². The van der Waals surface area contributed by atoms with Crippen molar-refractivity contribution in [2.45, 2.75) is 31.7 Å². The van der Waals surface area contributed by atoms with Crippen LogP contribution in [0, 0.1) is 0 Å². The quantitative estimate of drug-likeness (QED) is 0.446. The van der Waals surface area contributed by atoms with Crippen molar-refractivity contribution in [1.29, 1.82) is 0 Å². The highest BCUT2D eigenvalue weighted by Crippen LogP contribution is 2.16. The maximum absolute atomic E-state index is 10.7. The van der Waals surface area contributed by atoms with Crippen LogP contribution in [0.5, 0.6) is 0 Å². The normalized spacial score (nSPS) is 14.8. The van der Waals surface area contributed by atoms with E-state index in [1.165, 1.54) is 0 Å². The van der Waals surface area contributed by atoms with E-state index < -0.39 is 15.8 Å². The van der Waals surface area contributed by atoms with E-state index in [-0.39, 0.29) is 6.00 Å². The molecular formula is C6H13Cl2NO3S. The highest BCUT2D eigenvalue weighted by molar-refractivity contribution is 7.83. The molecule has 80 valence electrons. The third-order valence-electron chi connectivity index (χ3n) is 1.52. The molecule has 0 heterocycles. The van der Waals surface area contributed by atoms with E-state index in [1.54, 1.807) is 0 Å². The topological polar surface area (TPSA) is 57.6 Å². The lowest BCUT2D eigenvalue weighted by atomic mass is 10.2. The first-order valence-corrected chi connectivity index (χ1v) is 6.24. The lowest BCUT2D eigenvalue weighted by Crippen LogP contribution is -2.35. The Morgan fingerprint density at radius 3 is 2.38 bits per heavy atom. The number of halogens is 2. The lowest BCUT2D eigenvalue weighted by molar-refractivity contribution is 0.351. The van der Waals surface area contributed by atoms with Gasteiger partial charge < -0.3 is 0 Å². The van der Waals surface area contributed by atoms with Gasteiger partial charge >= 0.3 is 10.3 Å². The summed E-state index contributed by atoms with van der Waals surface area (Å²) in [5.74, 6) is 0. The molecule has 0 bridgehead atoms. The minimum absolute atomic E-state index is 0.337. The van der Waals surface area contributed by atoms with Crippen LogP contribution in [0.25, 0.3) is 0 Å². The average molecular weight is 250 g/mol. The third-order valence-corrected chi connectivity index (χ3v) is 3.47. The summed E-state index contributed by atoms with van der Waals surface area (Å²) in [4.78, 5) is 0. The molecule has 1 atom stereocenters. The van der Waals surface area contributed by atoms with E-state index in [1.807, 2.05) is 6.92 Å². The molecule has 0 amide bonds. The third kappa shape index (κ3) is 5.02. The van der Waals surface area contributed by atoms with E-state index in [2.05, 4.69) is 0 Å². The van der Waals surface area contributed by atoms with Gasteiger partial charge in [-0.05, 0) is 6.42 Å². The summed E-state index contributed by atoms with van der Waals surface area (Å²) in [6.45, 7) is 1.96. The highest BCUT2D eigenvalue weighted by Gasteiger charge is 2.25. The van der Waals surface area contributed by atoms with Crippen molar-refractivity contribution in [1.82, 2.24) is 4.31 Å². The predicted molar refractivity (Wildman–Crippen MR) is 53.3 cm³/mol. The van der Waals surface area contributed by atoms with Crippen molar-refractivity contribution in [3.05, 3.63) is 0 Å². The molecule has 1 N–H and O–H groups in total. The summed E-state index contributed by atoms with van der Waals surface area (Å²) < 4.78 is 30.7. The van der Waals surface area contributed by atoms with Gasteiger partial charge in [-0.1, -0.05) is 19.8 Å². The van der Waals surface area contributed by atoms with Crippen LogP contribution in [0.4, 0.5) is 0 Å². The Hall–Kier alpha value is 0.450. The van der Waals surface area contributed by atoms with Crippen LogP contribution in [-0.4, -0.2) is 28.8 Å². The molecule has 4 nitrogen and oxygen atoms in total. The van der Waals surface area contributed by atoms with Gasteiger partial charge in [0.1, 0.15) is 5.50 Å². The van der Waals surface area contributed by atoms with Crippen molar-refractivity contribution >= 4 is 33.5 Å². The Bertz CT molecular complexity index is 232. The SMILES string of the molecule is CCCCC(Cl)N(CCl)S(=O)(=O)O. The van der Waals surface area contributed by atoms with Gasteiger partial charge in [-0.15, -0.1) is 27.5 Å². The molecule has 0 radical (unpaired) electrons. The number of hydrogen-bond donors (Lipinski definition) is 1.